The molecule has 0 atom stereocenters. The van der Waals surface area contributed by atoms with E-state index in [4.69, 9.17) is 4.74 Å². The first-order valence-corrected chi connectivity index (χ1v) is 9.96. The van der Waals surface area contributed by atoms with Gasteiger partial charge in [-0.2, -0.15) is 0 Å². The zero-order chi connectivity index (χ0) is 21.1. The van der Waals surface area contributed by atoms with Crippen molar-refractivity contribution in [2.45, 2.75) is 24.7 Å². The molecule has 28 heavy (non-hydrogen) atoms. The molecule has 1 amide bonds. The molecule has 7 nitrogen and oxygen atoms in total. The third-order valence-corrected chi connectivity index (χ3v) is 4.67. The van der Waals surface area contributed by atoms with E-state index in [-0.39, 0.29) is 17.9 Å². The molecule has 0 unspecified atom stereocenters. The molecule has 0 aromatic heterocycles. The van der Waals surface area contributed by atoms with E-state index in [9.17, 15) is 31.9 Å². The number of anilines is 1. The normalized spacial score (nSPS) is 11.1. The van der Waals surface area contributed by atoms with Crippen LogP contribution in [0.4, 0.5) is 14.5 Å². The van der Waals surface area contributed by atoms with Gasteiger partial charge in [0.1, 0.15) is 10.6 Å². The Balaban J connectivity index is 2.68. The number of rotatable bonds is 7. The van der Waals surface area contributed by atoms with Crippen molar-refractivity contribution < 1.29 is 36.6 Å². The molecule has 2 aromatic rings. The van der Waals surface area contributed by atoms with Crippen LogP contribution in [-0.2, 0) is 14.6 Å². The Morgan fingerprint density at radius 2 is 1.82 bits per heavy atom. The highest BCUT2D eigenvalue weighted by molar-refractivity contribution is 7.90. The van der Waals surface area contributed by atoms with Crippen molar-refractivity contribution in [2.24, 2.45) is 0 Å². The van der Waals surface area contributed by atoms with Gasteiger partial charge in [-0.25, -0.2) is 22.0 Å². The van der Waals surface area contributed by atoms with Crippen molar-refractivity contribution in [3.63, 3.8) is 0 Å². The highest BCUT2D eigenvalue weighted by atomic mass is 32.2. The maximum atomic E-state index is 13.5. The van der Waals surface area contributed by atoms with Gasteiger partial charge in [-0.1, -0.05) is 6.92 Å². The van der Waals surface area contributed by atoms with Crippen LogP contribution in [0.25, 0.3) is 0 Å². The Labute approximate surface area is 159 Å². The molecule has 0 saturated heterocycles. The fourth-order valence-corrected chi connectivity index (χ4v) is 3.13. The van der Waals surface area contributed by atoms with Gasteiger partial charge in [-0.05, 0) is 30.7 Å². The minimum atomic E-state index is -4.01. The van der Waals surface area contributed by atoms with Crippen molar-refractivity contribution in [1.82, 2.24) is 0 Å². The highest BCUT2D eigenvalue weighted by Crippen LogP contribution is 2.38. The summed E-state index contributed by atoms with van der Waals surface area (Å²) in [6, 6.07) is 4.44. The Bertz CT molecular complexity index is 1040. The lowest BCUT2D eigenvalue weighted by Crippen LogP contribution is -2.14. The number of carbonyl (C=O) groups excluding carboxylic acids is 1. The minimum Gasteiger partial charge on any atom is -0.478 e. The van der Waals surface area contributed by atoms with Gasteiger partial charge in [-0.15, -0.1) is 0 Å². The molecule has 0 fully saturated rings. The molecular weight excluding hydrogens is 396 g/mol. The second-order valence-electron chi connectivity index (χ2n) is 5.90. The van der Waals surface area contributed by atoms with E-state index in [1.807, 2.05) is 0 Å². The molecule has 0 radical (unpaired) electrons. The van der Waals surface area contributed by atoms with Crippen LogP contribution >= 0.6 is 0 Å². The molecule has 0 heterocycles. The summed E-state index contributed by atoms with van der Waals surface area (Å²) in [5.41, 5.74) is -0.617. The molecule has 2 rings (SSSR count). The van der Waals surface area contributed by atoms with Crippen LogP contribution in [-0.4, -0.2) is 31.7 Å². The summed E-state index contributed by atoms with van der Waals surface area (Å²) in [6.07, 6.45) is 1.41. The number of ether oxygens (including phenoxy) is 1. The number of hydrogen-bond acceptors (Lipinski definition) is 5. The highest BCUT2D eigenvalue weighted by Gasteiger charge is 2.24. The first kappa shape index (κ1) is 21.3. The number of hydrogen-bond donors (Lipinski definition) is 2. The number of nitrogens with one attached hydrogen (secondary N) is 1. The fraction of sp³-hybridized carbons (Fsp3) is 0.222. The summed E-state index contributed by atoms with van der Waals surface area (Å²) >= 11 is 0. The van der Waals surface area contributed by atoms with E-state index in [2.05, 4.69) is 5.32 Å². The summed E-state index contributed by atoms with van der Waals surface area (Å²) in [5, 5.41) is 11.7. The first-order valence-electron chi connectivity index (χ1n) is 8.07. The van der Waals surface area contributed by atoms with Crippen molar-refractivity contribution in [1.29, 1.82) is 0 Å². The zero-order valence-electron chi connectivity index (χ0n) is 15.0. The second kappa shape index (κ2) is 8.34. The number of benzene rings is 2. The summed E-state index contributed by atoms with van der Waals surface area (Å²) in [6.45, 7) is 1.74. The quantitative estimate of drug-likeness (QED) is 0.718. The second-order valence-corrected chi connectivity index (χ2v) is 7.89. The number of aromatic carboxylic acids is 1. The van der Waals surface area contributed by atoms with Crippen molar-refractivity contribution in [3.8, 4) is 11.5 Å². The molecule has 0 aliphatic carbocycles. The number of carbonyl (C=O) groups is 2. The Kier molecular flexibility index (Phi) is 6.34. The zero-order valence-corrected chi connectivity index (χ0v) is 15.8. The predicted octanol–water partition coefficient (Wildman–Crippen LogP) is 3.60. The van der Waals surface area contributed by atoms with Crippen LogP contribution in [0.15, 0.2) is 35.2 Å². The fourth-order valence-electron chi connectivity index (χ4n) is 2.30. The third-order valence-electron chi connectivity index (χ3n) is 3.56. The first-order chi connectivity index (χ1) is 13.0. The largest absolute Gasteiger partial charge is 0.478 e. The molecule has 0 spiro atoms. The monoisotopic (exact) mass is 413 g/mol. The average Bonchev–Trinajstić information content (AvgIpc) is 2.58. The summed E-state index contributed by atoms with van der Waals surface area (Å²) in [7, 11) is -4.01. The van der Waals surface area contributed by atoms with Gasteiger partial charge < -0.3 is 15.2 Å². The van der Waals surface area contributed by atoms with Crippen LogP contribution in [0.3, 0.4) is 0 Å². The summed E-state index contributed by atoms with van der Waals surface area (Å²) in [4.78, 5) is 22.8. The number of halogens is 2. The molecule has 2 N–H and O–H groups in total. The number of amides is 1. The molecule has 0 saturated carbocycles. The Morgan fingerprint density at radius 3 is 2.36 bits per heavy atom. The molecular formula is C18H17F2NO6S. The molecule has 0 aliphatic heterocycles. The predicted molar refractivity (Wildman–Crippen MR) is 96.5 cm³/mol. The Morgan fingerprint density at radius 1 is 1.14 bits per heavy atom. The summed E-state index contributed by atoms with van der Waals surface area (Å²) in [5.74, 6) is -4.92. The minimum absolute atomic E-state index is 0.0934. The molecule has 150 valence electrons. The Hall–Kier alpha value is -3.01. The van der Waals surface area contributed by atoms with Crippen LogP contribution in [0.1, 0.15) is 30.1 Å². The lowest BCUT2D eigenvalue weighted by molar-refractivity contribution is -0.116. The van der Waals surface area contributed by atoms with Crippen LogP contribution < -0.4 is 10.1 Å². The molecule has 2 aromatic carbocycles. The van der Waals surface area contributed by atoms with E-state index >= 15 is 0 Å². The lowest BCUT2D eigenvalue weighted by atomic mass is 10.1. The molecule has 0 bridgehead atoms. The van der Waals surface area contributed by atoms with Crippen molar-refractivity contribution in [2.75, 3.05) is 11.6 Å². The van der Waals surface area contributed by atoms with Gasteiger partial charge in [0.15, 0.2) is 27.2 Å². The van der Waals surface area contributed by atoms with Crippen molar-refractivity contribution >= 4 is 27.4 Å². The van der Waals surface area contributed by atoms with Gasteiger partial charge in [0, 0.05) is 18.7 Å². The third kappa shape index (κ3) is 5.03. The SMILES string of the molecule is CCCC(=O)Nc1cc(C(=O)O)cc(S(C)(=O)=O)c1Oc1ccc(F)c(F)c1. The standard InChI is InChI=1S/C18H17F2NO6S/c1-3-4-16(22)21-14-7-10(18(23)24)8-15(28(2,25)26)17(14)27-11-5-6-12(19)13(20)9-11/h5-9H,3-4H2,1-2H3,(H,21,22)(H,23,24). The summed E-state index contributed by atoms with van der Waals surface area (Å²) < 4.78 is 56.4. The van der Waals surface area contributed by atoms with E-state index in [0.29, 0.717) is 12.5 Å². The number of carboxylic acid groups (broad SMARTS) is 1. The van der Waals surface area contributed by atoms with E-state index < -0.39 is 49.6 Å². The molecule has 0 aliphatic rings. The van der Waals surface area contributed by atoms with E-state index in [1.165, 1.54) is 0 Å². The van der Waals surface area contributed by atoms with Gasteiger partial charge in [0.25, 0.3) is 0 Å². The maximum absolute atomic E-state index is 13.5. The van der Waals surface area contributed by atoms with Gasteiger partial charge in [-0.3, -0.25) is 4.79 Å². The van der Waals surface area contributed by atoms with Crippen LogP contribution in [0, 0.1) is 11.6 Å². The van der Waals surface area contributed by atoms with Crippen molar-refractivity contribution in [3.05, 3.63) is 47.5 Å². The van der Waals surface area contributed by atoms with E-state index in [1.54, 1.807) is 6.92 Å². The van der Waals surface area contributed by atoms with E-state index in [0.717, 1.165) is 30.5 Å². The number of carboxylic acids is 1. The number of sulfone groups is 1. The topological polar surface area (TPSA) is 110 Å². The lowest BCUT2D eigenvalue weighted by Gasteiger charge is -2.17. The maximum Gasteiger partial charge on any atom is 0.335 e. The van der Waals surface area contributed by atoms with Gasteiger partial charge >= 0.3 is 5.97 Å². The van der Waals surface area contributed by atoms with Gasteiger partial charge in [0.05, 0.1) is 11.3 Å². The van der Waals surface area contributed by atoms with Gasteiger partial charge in [0.2, 0.25) is 5.91 Å². The smallest absolute Gasteiger partial charge is 0.335 e. The van der Waals surface area contributed by atoms with Crippen LogP contribution in [0.2, 0.25) is 0 Å². The molecule has 10 heteroatoms. The average molecular weight is 413 g/mol. The van der Waals surface area contributed by atoms with Crippen LogP contribution in [0.5, 0.6) is 11.5 Å².